The van der Waals surface area contributed by atoms with Crippen LogP contribution in [-0.2, 0) is 0 Å². The Morgan fingerprint density at radius 2 is 1.73 bits per heavy atom. The number of hydrazone groups is 1. The van der Waals surface area contributed by atoms with Gasteiger partial charge in [-0.05, 0) is 36.4 Å². The number of hydrogen-bond donors (Lipinski definition) is 0. The van der Waals surface area contributed by atoms with Gasteiger partial charge in [0, 0.05) is 23.1 Å². The summed E-state index contributed by atoms with van der Waals surface area (Å²) in [6.07, 6.45) is 0.365. The van der Waals surface area contributed by atoms with E-state index < -0.39 is 6.23 Å². The number of halogens is 2. The minimum absolute atomic E-state index is 0.0647. The van der Waals surface area contributed by atoms with E-state index in [1.807, 2.05) is 53.5 Å². The zero-order valence-corrected chi connectivity index (χ0v) is 17.2. The highest BCUT2D eigenvalue weighted by Gasteiger charge is 2.41. The van der Waals surface area contributed by atoms with Crippen LogP contribution in [-0.4, -0.2) is 17.5 Å². The topological polar surface area (TPSA) is 43.3 Å². The van der Waals surface area contributed by atoms with Gasteiger partial charge in [0.1, 0.15) is 5.75 Å². The summed E-state index contributed by atoms with van der Waals surface area (Å²) in [5.74, 6) is 2.37. The molecule has 150 valence electrons. The van der Waals surface area contributed by atoms with E-state index in [-0.39, 0.29) is 12.8 Å². The molecule has 30 heavy (non-hydrogen) atoms. The number of benzene rings is 3. The smallest absolute Gasteiger partial charge is 0.231 e. The van der Waals surface area contributed by atoms with Gasteiger partial charge in [0.05, 0.1) is 21.8 Å². The molecule has 0 saturated carbocycles. The molecule has 3 aromatic carbocycles. The third kappa shape index (κ3) is 2.81. The summed E-state index contributed by atoms with van der Waals surface area (Å²) in [6, 6.07) is 19.7. The summed E-state index contributed by atoms with van der Waals surface area (Å²) in [7, 11) is 0. The average Bonchev–Trinajstić information content (AvgIpc) is 3.42. The SMILES string of the molecule is Clc1ccc(C2Oc3ccccc3C3CC(c4ccc5c(c4)OCO5)=NN32)cc1Cl. The van der Waals surface area contributed by atoms with Gasteiger partial charge in [-0.1, -0.05) is 47.5 Å². The van der Waals surface area contributed by atoms with Crippen LogP contribution >= 0.6 is 23.2 Å². The predicted molar refractivity (Wildman–Crippen MR) is 115 cm³/mol. The average molecular weight is 439 g/mol. The molecule has 6 rings (SSSR count). The van der Waals surface area contributed by atoms with Gasteiger partial charge >= 0.3 is 0 Å². The van der Waals surface area contributed by atoms with Gasteiger partial charge in [0.25, 0.3) is 0 Å². The molecule has 0 aromatic heterocycles. The molecule has 5 nitrogen and oxygen atoms in total. The van der Waals surface area contributed by atoms with E-state index in [4.69, 9.17) is 42.5 Å². The fourth-order valence-corrected chi connectivity index (χ4v) is 4.48. The molecule has 3 aliphatic heterocycles. The zero-order valence-electron chi connectivity index (χ0n) is 15.7. The van der Waals surface area contributed by atoms with Crippen LogP contribution in [0.25, 0.3) is 0 Å². The van der Waals surface area contributed by atoms with Crippen molar-refractivity contribution in [3.05, 3.63) is 87.4 Å². The Labute approximate surface area is 183 Å². The van der Waals surface area contributed by atoms with Crippen LogP contribution in [0.3, 0.4) is 0 Å². The second-order valence-corrected chi connectivity index (χ2v) is 8.21. The van der Waals surface area contributed by atoms with Crippen LogP contribution in [0.2, 0.25) is 10.0 Å². The van der Waals surface area contributed by atoms with Crippen molar-refractivity contribution in [2.45, 2.75) is 18.7 Å². The molecule has 3 heterocycles. The molecule has 0 fully saturated rings. The van der Waals surface area contributed by atoms with Gasteiger partial charge in [-0.2, -0.15) is 5.10 Å². The van der Waals surface area contributed by atoms with Crippen molar-refractivity contribution < 1.29 is 14.2 Å². The van der Waals surface area contributed by atoms with Crippen LogP contribution in [0, 0.1) is 0 Å². The molecule has 2 atom stereocenters. The van der Waals surface area contributed by atoms with E-state index in [0.29, 0.717) is 10.0 Å². The maximum absolute atomic E-state index is 6.36. The highest BCUT2D eigenvalue weighted by Crippen LogP contribution is 2.48. The van der Waals surface area contributed by atoms with Crippen molar-refractivity contribution >= 4 is 28.9 Å². The third-order valence-corrected chi connectivity index (χ3v) is 6.37. The molecular formula is C23H16Cl2N2O3. The molecule has 7 heteroatoms. The van der Waals surface area contributed by atoms with Gasteiger partial charge < -0.3 is 14.2 Å². The maximum atomic E-state index is 6.36. The van der Waals surface area contributed by atoms with E-state index in [2.05, 4.69) is 6.07 Å². The Balaban J connectivity index is 1.43. The van der Waals surface area contributed by atoms with Crippen molar-refractivity contribution in [2.24, 2.45) is 5.10 Å². The minimum atomic E-state index is -0.397. The number of nitrogens with zero attached hydrogens (tertiary/aromatic N) is 2. The highest BCUT2D eigenvalue weighted by molar-refractivity contribution is 6.42. The van der Waals surface area contributed by atoms with Crippen molar-refractivity contribution in [3.8, 4) is 17.2 Å². The number of fused-ring (bicyclic) bond motifs is 4. The first kappa shape index (κ1) is 17.9. The molecule has 0 aliphatic carbocycles. The number of hydrogen-bond acceptors (Lipinski definition) is 5. The first-order chi connectivity index (χ1) is 14.7. The van der Waals surface area contributed by atoms with Crippen LogP contribution in [0.5, 0.6) is 17.2 Å². The summed E-state index contributed by atoms with van der Waals surface area (Å²) in [6.45, 7) is 0.251. The van der Waals surface area contributed by atoms with Gasteiger partial charge in [0.15, 0.2) is 11.5 Å². The second-order valence-electron chi connectivity index (χ2n) is 7.40. The Morgan fingerprint density at radius 1 is 0.867 bits per heavy atom. The fraction of sp³-hybridized carbons (Fsp3) is 0.174. The Kier molecular flexibility index (Phi) is 4.08. The third-order valence-electron chi connectivity index (χ3n) is 5.63. The number of para-hydroxylation sites is 1. The monoisotopic (exact) mass is 438 g/mol. The Morgan fingerprint density at radius 3 is 2.63 bits per heavy atom. The molecular weight excluding hydrogens is 423 g/mol. The van der Waals surface area contributed by atoms with E-state index in [0.717, 1.165) is 46.1 Å². The molecule has 3 aromatic rings. The lowest BCUT2D eigenvalue weighted by molar-refractivity contribution is -0.0190. The van der Waals surface area contributed by atoms with E-state index in [1.54, 1.807) is 6.07 Å². The molecule has 0 radical (unpaired) electrons. The van der Waals surface area contributed by atoms with Crippen molar-refractivity contribution in [2.75, 3.05) is 6.79 Å². The lowest BCUT2D eigenvalue weighted by atomic mass is 9.96. The van der Waals surface area contributed by atoms with Crippen LogP contribution in [0.1, 0.15) is 35.4 Å². The van der Waals surface area contributed by atoms with E-state index >= 15 is 0 Å². The maximum Gasteiger partial charge on any atom is 0.231 e. The fourth-order valence-electron chi connectivity index (χ4n) is 4.17. The molecule has 0 spiro atoms. The van der Waals surface area contributed by atoms with Crippen molar-refractivity contribution in [3.63, 3.8) is 0 Å². The zero-order chi connectivity index (χ0) is 20.2. The lowest BCUT2D eigenvalue weighted by Gasteiger charge is -2.38. The summed E-state index contributed by atoms with van der Waals surface area (Å²) in [5, 5.41) is 7.99. The number of ether oxygens (including phenoxy) is 3. The van der Waals surface area contributed by atoms with Crippen LogP contribution < -0.4 is 14.2 Å². The normalized spacial score (nSPS) is 21.0. The second kappa shape index (κ2) is 6.83. The van der Waals surface area contributed by atoms with Crippen LogP contribution in [0.4, 0.5) is 0 Å². The first-order valence-corrected chi connectivity index (χ1v) is 10.4. The van der Waals surface area contributed by atoms with Crippen molar-refractivity contribution in [1.82, 2.24) is 5.01 Å². The van der Waals surface area contributed by atoms with Gasteiger partial charge in [-0.15, -0.1) is 0 Å². The minimum Gasteiger partial charge on any atom is -0.464 e. The molecule has 0 N–H and O–H groups in total. The number of rotatable bonds is 2. The van der Waals surface area contributed by atoms with E-state index in [9.17, 15) is 0 Å². The highest BCUT2D eigenvalue weighted by atomic mass is 35.5. The molecule has 0 saturated heterocycles. The summed E-state index contributed by atoms with van der Waals surface area (Å²) in [5.41, 5.74) is 4.01. The standard InChI is InChI=1S/C23H16Cl2N2O3/c24-16-7-5-14(9-17(16)25)23-27-19(15-3-1-2-4-20(15)30-23)11-18(26-27)13-6-8-21-22(10-13)29-12-28-21/h1-10,19,23H,11-12H2. The van der Waals surface area contributed by atoms with Gasteiger partial charge in [-0.25, -0.2) is 5.01 Å². The van der Waals surface area contributed by atoms with E-state index in [1.165, 1.54) is 0 Å². The quantitative estimate of drug-likeness (QED) is 0.494. The predicted octanol–water partition coefficient (Wildman–Crippen LogP) is 5.96. The molecule has 0 amide bonds. The summed E-state index contributed by atoms with van der Waals surface area (Å²) in [4.78, 5) is 0. The lowest BCUT2D eigenvalue weighted by Crippen LogP contribution is -2.33. The first-order valence-electron chi connectivity index (χ1n) is 9.64. The molecule has 3 aliphatic rings. The Hall–Kier alpha value is -2.89. The van der Waals surface area contributed by atoms with Gasteiger partial charge in [0.2, 0.25) is 13.0 Å². The summed E-state index contributed by atoms with van der Waals surface area (Å²) < 4.78 is 17.3. The van der Waals surface area contributed by atoms with Crippen LogP contribution in [0.15, 0.2) is 65.8 Å². The van der Waals surface area contributed by atoms with Gasteiger partial charge in [-0.3, -0.25) is 0 Å². The molecule has 2 unspecified atom stereocenters. The van der Waals surface area contributed by atoms with Crippen molar-refractivity contribution in [1.29, 1.82) is 0 Å². The summed E-state index contributed by atoms with van der Waals surface area (Å²) >= 11 is 12.4. The molecule has 0 bridgehead atoms. The Bertz CT molecular complexity index is 1200. The largest absolute Gasteiger partial charge is 0.464 e.